The van der Waals surface area contributed by atoms with Gasteiger partial charge in [-0.3, -0.25) is 14.6 Å². The monoisotopic (exact) mass is 449 g/mol. The van der Waals surface area contributed by atoms with E-state index in [-0.39, 0.29) is 22.6 Å². The number of rotatable bonds is 4. The van der Waals surface area contributed by atoms with Gasteiger partial charge in [0.25, 0.3) is 0 Å². The summed E-state index contributed by atoms with van der Waals surface area (Å²) in [6, 6.07) is 6.28. The number of carbonyl (C=O) groups excluding carboxylic acids is 2. The summed E-state index contributed by atoms with van der Waals surface area (Å²) in [6.45, 7) is 7.36. The molecule has 5 heteroatoms. The summed E-state index contributed by atoms with van der Waals surface area (Å²) in [4.78, 5) is 31.7. The van der Waals surface area contributed by atoms with Crippen LogP contribution in [0.4, 0.5) is 0 Å². The summed E-state index contributed by atoms with van der Waals surface area (Å²) in [5.41, 5.74) is 2.25. The fourth-order valence-electron chi connectivity index (χ4n) is 8.37. The number of fused-ring (bicyclic) bond motifs is 5. The lowest BCUT2D eigenvalue weighted by Gasteiger charge is -2.60. The molecule has 1 N–H and O–H groups in total. The minimum absolute atomic E-state index is 0.0865. The molecule has 7 atom stereocenters. The van der Waals surface area contributed by atoms with Crippen LogP contribution in [0.25, 0.3) is 0 Å². The van der Waals surface area contributed by atoms with Gasteiger partial charge in [0.15, 0.2) is 0 Å². The molecule has 4 unspecified atom stereocenters. The molecular weight excluding hydrogens is 410 g/mol. The van der Waals surface area contributed by atoms with Crippen molar-refractivity contribution in [2.45, 2.75) is 78.3 Å². The van der Waals surface area contributed by atoms with Crippen molar-refractivity contribution >= 4 is 11.8 Å². The summed E-state index contributed by atoms with van der Waals surface area (Å²) < 4.78 is 0. The van der Waals surface area contributed by atoms with Gasteiger partial charge in [-0.05, 0) is 92.7 Å². The van der Waals surface area contributed by atoms with Crippen LogP contribution < -0.4 is 5.32 Å². The lowest BCUT2D eigenvalue weighted by molar-refractivity contribution is -0.139. The molecular formula is C28H39N3O2. The molecule has 3 fully saturated rings. The van der Waals surface area contributed by atoms with Crippen LogP contribution in [0.2, 0.25) is 0 Å². The average molecular weight is 450 g/mol. The van der Waals surface area contributed by atoms with Crippen LogP contribution in [-0.4, -0.2) is 34.8 Å². The molecule has 1 aliphatic heterocycles. The fraction of sp³-hybridized carbons (Fsp3) is 0.679. The van der Waals surface area contributed by atoms with E-state index in [2.05, 4.69) is 30.2 Å². The largest absolute Gasteiger partial charge is 0.350 e. The number of amides is 2. The van der Waals surface area contributed by atoms with Gasteiger partial charge in [0, 0.05) is 30.6 Å². The lowest BCUT2D eigenvalue weighted by atomic mass is 9.47. The average Bonchev–Trinajstić information content (AvgIpc) is 3.11. The Balaban J connectivity index is 1.26. The first kappa shape index (κ1) is 22.6. The number of carbonyl (C=O) groups is 2. The molecule has 4 aliphatic rings. The Hall–Kier alpha value is -2.17. The Morgan fingerprint density at radius 3 is 2.76 bits per heavy atom. The SMILES string of the molecule is Cc1cccc(CNC(=O)C[C@H]2CCC3C4CCC5N(C)C(=O)C=C[C@]5(C)C4CC[C@@]32C)n1. The van der Waals surface area contributed by atoms with Crippen molar-refractivity contribution in [3.63, 3.8) is 0 Å². The highest BCUT2D eigenvalue weighted by atomic mass is 16.2. The van der Waals surface area contributed by atoms with Crippen LogP contribution in [0.3, 0.4) is 0 Å². The van der Waals surface area contributed by atoms with E-state index >= 15 is 0 Å². The van der Waals surface area contributed by atoms with E-state index < -0.39 is 0 Å². The van der Waals surface area contributed by atoms with E-state index in [1.807, 2.05) is 43.1 Å². The molecule has 0 saturated heterocycles. The van der Waals surface area contributed by atoms with Gasteiger partial charge in [-0.15, -0.1) is 0 Å². The van der Waals surface area contributed by atoms with Crippen LogP contribution in [0, 0.1) is 41.4 Å². The van der Waals surface area contributed by atoms with Gasteiger partial charge < -0.3 is 10.2 Å². The minimum atomic E-state index is 0.0865. The van der Waals surface area contributed by atoms with Gasteiger partial charge >= 0.3 is 0 Å². The van der Waals surface area contributed by atoms with Crippen LogP contribution in [0.15, 0.2) is 30.4 Å². The highest BCUT2D eigenvalue weighted by Crippen LogP contribution is 2.65. The predicted molar refractivity (Wildman–Crippen MR) is 129 cm³/mol. The summed E-state index contributed by atoms with van der Waals surface area (Å²) in [5, 5.41) is 3.13. The molecule has 5 nitrogen and oxygen atoms in total. The molecule has 3 saturated carbocycles. The third-order valence-corrected chi connectivity index (χ3v) is 10.2. The lowest BCUT2D eigenvalue weighted by Crippen LogP contribution is -2.59. The Bertz CT molecular complexity index is 974. The van der Waals surface area contributed by atoms with Crippen molar-refractivity contribution in [3.8, 4) is 0 Å². The molecule has 0 bridgehead atoms. The third kappa shape index (κ3) is 3.72. The fourth-order valence-corrected chi connectivity index (χ4v) is 8.37. The van der Waals surface area contributed by atoms with Gasteiger partial charge in [-0.25, -0.2) is 0 Å². The smallest absolute Gasteiger partial charge is 0.246 e. The summed E-state index contributed by atoms with van der Waals surface area (Å²) in [6.07, 6.45) is 11.8. The van der Waals surface area contributed by atoms with Gasteiger partial charge in [0.1, 0.15) is 0 Å². The van der Waals surface area contributed by atoms with Crippen LogP contribution >= 0.6 is 0 Å². The number of hydrogen-bond donors (Lipinski definition) is 1. The Morgan fingerprint density at radius 2 is 1.97 bits per heavy atom. The van der Waals surface area contributed by atoms with Crippen molar-refractivity contribution in [2.75, 3.05) is 7.05 Å². The van der Waals surface area contributed by atoms with Gasteiger partial charge in [-0.1, -0.05) is 26.0 Å². The summed E-state index contributed by atoms with van der Waals surface area (Å²) >= 11 is 0. The number of likely N-dealkylation sites (N-methyl/N-ethyl adjacent to an activating group) is 1. The zero-order valence-corrected chi connectivity index (χ0v) is 20.6. The Kier molecular flexibility index (Phi) is 5.65. The van der Waals surface area contributed by atoms with Gasteiger partial charge in [0.2, 0.25) is 11.8 Å². The second kappa shape index (κ2) is 8.25. The number of nitrogens with one attached hydrogen (secondary N) is 1. The highest BCUT2D eigenvalue weighted by Gasteiger charge is 2.60. The zero-order valence-electron chi connectivity index (χ0n) is 20.6. The molecule has 0 aromatic carbocycles. The highest BCUT2D eigenvalue weighted by molar-refractivity contribution is 5.89. The van der Waals surface area contributed by atoms with E-state index in [1.54, 1.807) is 0 Å². The Labute approximate surface area is 198 Å². The van der Waals surface area contributed by atoms with Crippen molar-refractivity contribution in [1.82, 2.24) is 15.2 Å². The maximum atomic E-state index is 12.9. The minimum Gasteiger partial charge on any atom is -0.350 e. The molecule has 5 rings (SSSR count). The first-order valence-corrected chi connectivity index (χ1v) is 12.9. The van der Waals surface area contributed by atoms with E-state index in [0.29, 0.717) is 42.7 Å². The molecule has 1 aromatic heterocycles. The molecule has 1 aromatic rings. The topological polar surface area (TPSA) is 62.3 Å². The second-order valence-electron chi connectivity index (χ2n) is 11.7. The summed E-state index contributed by atoms with van der Waals surface area (Å²) in [7, 11) is 1.98. The predicted octanol–water partition coefficient (Wildman–Crippen LogP) is 4.65. The number of nitrogens with zero attached hydrogens (tertiary/aromatic N) is 2. The van der Waals surface area contributed by atoms with Crippen molar-refractivity contribution in [1.29, 1.82) is 0 Å². The van der Waals surface area contributed by atoms with Gasteiger partial charge in [-0.2, -0.15) is 0 Å². The summed E-state index contributed by atoms with van der Waals surface area (Å²) in [5.74, 6) is 2.83. The molecule has 33 heavy (non-hydrogen) atoms. The van der Waals surface area contributed by atoms with Crippen molar-refractivity contribution in [3.05, 3.63) is 41.7 Å². The number of aromatic nitrogens is 1. The molecule has 178 valence electrons. The van der Waals surface area contributed by atoms with Crippen LogP contribution in [0.1, 0.15) is 70.2 Å². The van der Waals surface area contributed by atoms with Gasteiger partial charge in [0.05, 0.1) is 12.2 Å². The van der Waals surface area contributed by atoms with Crippen molar-refractivity contribution < 1.29 is 9.59 Å². The molecule has 0 radical (unpaired) electrons. The van der Waals surface area contributed by atoms with Crippen LogP contribution in [-0.2, 0) is 16.1 Å². The number of hydrogen-bond acceptors (Lipinski definition) is 3. The normalized spacial score (nSPS) is 39.6. The zero-order chi connectivity index (χ0) is 23.4. The quantitative estimate of drug-likeness (QED) is 0.728. The van der Waals surface area contributed by atoms with Crippen molar-refractivity contribution in [2.24, 2.45) is 34.5 Å². The standard InChI is InChI=1S/C28H39N3O2/c1-18-6-5-7-20(30-18)17-29-25(32)16-19-8-10-22-21-9-11-24-28(3,15-13-26(33)31(24)4)23(21)12-14-27(19,22)2/h5-7,13,15,19,21-24H,8-12,14,16-17H2,1-4H3,(H,29,32)/t19-,21?,22?,23?,24?,27-,28-/m1/s1. The molecule has 2 heterocycles. The number of aryl methyl sites for hydroxylation is 1. The maximum Gasteiger partial charge on any atom is 0.246 e. The molecule has 0 spiro atoms. The Morgan fingerprint density at radius 1 is 1.15 bits per heavy atom. The number of pyridine rings is 1. The van der Waals surface area contributed by atoms with E-state index in [0.717, 1.165) is 24.2 Å². The second-order valence-corrected chi connectivity index (χ2v) is 11.7. The first-order valence-electron chi connectivity index (χ1n) is 12.9. The van der Waals surface area contributed by atoms with E-state index in [4.69, 9.17) is 0 Å². The van der Waals surface area contributed by atoms with Crippen LogP contribution in [0.5, 0.6) is 0 Å². The maximum absolute atomic E-state index is 12.9. The van der Waals surface area contributed by atoms with E-state index in [1.165, 1.54) is 25.7 Å². The molecule has 2 amide bonds. The van der Waals surface area contributed by atoms with E-state index in [9.17, 15) is 9.59 Å². The molecule has 3 aliphatic carbocycles. The first-order chi connectivity index (χ1) is 15.7. The third-order valence-electron chi connectivity index (χ3n) is 10.2.